The summed E-state index contributed by atoms with van der Waals surface area (Å²) < 4.78 is 6.12. The first-order valence-corrected chi connectivity index (χ1v) is 7.93. The van der Waals surface area contributed by atoms with Gasteiger partial charge in [0, 0.05) is 28.8 Å². The van der Waals surface area contributed by atoms with Gasteiger partial charge in [-0.05, 0) is 30.5 Å². The van der Waals surface area contributed by atoms with Crippen molar-refractivity contribution >= 4 is 17.3 Å². The highest BCUT2D eigenvalue weighted by Crippen LogP contribution is 2.49. The van der Waals surface area contributed by atoms with Gasteiger partial charge in [-0.3, -0.25) is 0 Å². The number of anilines is 1. The lowest BCUT2D eigenvalue weighted by atomic mass is 9.77. The Bertz CT molecular complexity index is 643. The van der Waals surface area contributed by atoms with Crippen LogP contribution >= 0.6 is 11.6 Å². The predicted octanol–water partition coefficient (Wildman–Crippen LogP) is 4.97. The summed E-state index contributed by atoms with van der Waals surface area (Å²) in [5.74, 6) is 0.481. The van der Waals surface area contributed by atoms with Crippen molar-refractivity contribution in [3.8, 4) is 0 Å². The Morgan fingerprint density at radius 1 is 1.10 bits per heavy atom. The van der Waals surface area contributed by atoms with E-state index in [0.717, 1.165) is 23.7 Å². The van der Waals surface area contributed by atoms with Crippen molar-refractivity contribution in [3.05, 3.63) is 64.7 Å². The Hall–Kier alpha value is -1.51. The van der Waals surface area contributed by atoms with Gasteiger partial charge in [-0.25, -0.2) is 0 Å². The van der Waals surface area contributed by atoms with E-state index in [9.17, 15) is 0 Å². The van der Waals surface area contributed by atoms with Gasteiger partial charge in [0.05, 0.1) is 12.1 Å². The molecule has 108 valence electrons. The van der Waals surface area contributed by atoms with Gasteiger partial charge < -0.3 is 10.1 Å². The summed E-state index contributed by atoms with van der Waals surface area (Å²) in [6, 6.07) is 17.0. The maximum atomic E-state index is 6.16. The molecule has 0 radical (unpaired) electrons. The number of nitrogens with one attached hydrogen (secondary N) is 1. The first-order valence-electron chi connectivity index (χ1n) is 7.55. The van der Waals surface area contributed by atoms with E-state index in [-0.39, 0.29) is 6.10 Å². The molecule has 2 heterocycles. The third-order valence-corrected chi connectivity index (χ3v) is 4.82. The lowest BCUT2D eigenvalue weighted by Gasteiger charge is -2.43. The Balaban J connectivity index is 1.79. The number of fused-ring (bicyclic) bond motifs is 3. The molecule has 0 aliphatic carbocycles. The molecule has 2 aromatic rings. The van der Waals surface area contributed by atoms with Crippen LogP contribution in [0.2, 0.25) is 5.02 Å². The average molecular weight is 300 g/mol. The molecule has 3 atom stereocenters. The number of rotatable bonds is 1. The zero-order chi connectivity index (χ0) is 14.2. The normalized spacial score (nSPS) is 27.4. The van der Waals surface area contributed by atoms with Crippen molar-refractivity contribution < 1.29 is 4.74 Å². The molecule has 4 rings (SSSR count). The first-order chi connectivity index (χ1) is 10.3. The smallest absolute Gasteiger partial charge is 0.0895 e. The highest BCUT2D eigenvalue weighted by Gasteiger charge is 2.39. The molecule has 0 amide bonds. The zero-order valence-corrected chi connectivity index (χ0v) is 12.5. The molecule has 0 spiro atoms. The van der Waals surface area contributed by atoms with Crippen LogP contribution in [0.15, 0.2) is 48.5 Å². The summed E-state index contributed by atoms with van der Waals surface area (Å²) in [5.41, 5.74) is 3.68. The van der Waals surface area contributed by atoms with Gasteiger partial charge in [0.25, 0.3) is 0 Å². The van der Waals surface area contributed by atoms with E-state index < -0.39 is 0 Å². The third kappa shape index (κ3) is 2.33. The van der Waals surface area contributed by atoms with E-state index in [1.807, 2.05) is 12.1 Å². The fourth-order valence-corrected chi connectivity index (χ4v) is 3.81. The number of benzene rings is 2. The fraction of sp³-hybridized carbons (Fsp3) is 0.333. The van der Waals surface area contributed by atoms with Crippen LogP contribution in [0.5, 0.6) is 0 Å². The van der Waals surface area contributed by atoms with Crippen LogP contribution in [0.1, 0.15) is 36.1 Å². The van der Waals surface area contributed by atoms with E-state index in [2.05, 4.69) is 41.7 Å². The quantitative estimate of drug-likeness (QED) is 0.802. The molecule has 1 fully saturated rings. The minimum atomic E-state index is 0.178. The Kier molecular flexibility index (Phi) is 3.36. The fourth-order valence-electron chi connectivity index (χ4n) is 3.63. The topological polar surface area (TPSA) is 21.3 Å². The second kappa shape index (κ2) is 5.36. The molecule has 3 heteroatoms. The average Bonchev–Trinajstić information content (AvgIpc) is 2.54. The van der Waals surface area contributed by atoms with Crippen LogP contribution in [-0.4, -0.2) is 6.61 Å². The molecule has 2 aromatic carbocycles. The van der Waals surface area contributed by atoms with Crippen molar-refractivity contribution in [2.75, 3.05) is 11.9 Å². The van der Waals surface area contributed by atoms with E-state index in [1.165, 1.54) is 17.5 Å². The molecule has 0 unspecified atom stereocenters. The zero-order valence-electron chi connectivity index (χ0n) is 11.8. The Morgan fingerprint density at radius 3 is 2.81 bits per heavy atom. The van der Waals surface area contributed by atoms with Crippen molar-refractivity contribution in [2.45, 2.75) is 25.0 Å². The van der Waals surface area contributed by atoms with Gasteiger partial charge in [-0.1, -0.05) is 48.0 Å². The highest BCUT2D eigenvalue weighted by atomic mass is 35.5. The Labute approximate surface area is 130 Å². The minimum Gasteiger partial charge on any atom is -0.377 e. The van der Waals surface area contributed by atoms with Crippen LogP contribution in [0.4, 0.5) is 5.69 Å². The van der Waals surface area contributed by atoms with Crippen molar-refractivity contribution in [1.29, 1.82) is 0 Å². The molecule has 1 N–H and O–H groups in total. The minimum absolute atomic E-state index is 0.178. The largest absolute Gasteiger partial charge is 0.377 e. The summed E-state index contributed by atoms with van der Waals surface area (Å²) >= 11 is 6.16. The second-order valence-electron chi connectivity index (χ2n) is 5.86. The predicted molar refractivity (Wildman–Crippen MR) is 85.7 cm³/mol. The molecule has 2 aliphatic heterocycles. The molecule has 2 aliphatic rings. The van der Waals surface area contributed by atoms with Gasteiger partial charge in [0.2, 0.25) is 0 Å². The van der Waals surface area contributed by atoms with E-state index in [1.54, 1.807) is 0 Å². The van der Waals surface area contributed by atoms with Gasteiger partial charge in [-0.2, -0.15) is 0 Å². The highest BCUT2D eigenvalue weighted by molar-refractivity contribution is 6.30. The number of halogens is 1. The second-order valence-corrected chi connectivity index (χ2v) is 6.30. The standard InChI is InChI=1S/C18H18ClNO/c19-13-8-9-14-16(11-13)20-17(12-5-2-1-3-6-12)15-7-4-10-21-18(14)15/h1-3,5-6,8-9,11,15,17-18,20H,4,7,10H2/t15-,17-,18+/m0/s1. The van der Waals surface area contributed by atoms with E-state index in [0.29, 0.717) is 12.0 Å². The monoisotopic (exact) mass is 299 g/mol. The van der Waals surface area contributed by atoms with Crippen molar-refractivity contribution in [2.24, 2.45) is 5.92 Å². The summed E-state index contributed by atoms with van der Waals surface area (Å²) in [7, 11) is 0. The Morgan fingerprint density at radius 2 is 1.95 bits per heavy atom. The summed E-state index contributed by atoms with van der Waals surface area (Å²) in [6.07, 6.45) is 2.51. The van der Waals surface area contributed by atoms with Crippen molar-refractivity contribution in [1.82, 2.24) is 0 Å². The van der Waals surface area contributed by atoms with Gasteiger partial charge in [0.1, 0.15) is 0 Å². The SMILES string of the molecule is Clc1ccc2c(c1)N[C@@H](c1ccccc1)[C@@H]1CCCO[C@H]21. The number of hydrogen-bond acceptors (Lipinski definition) is 2. The summed E-state index contributed by atoms with van der Waals surface area (Å²) in [5, 5.41) is 4.45. The van der Waals surface area contributed by atoms with Crippen LogP contribution in [0.25, 0.3) is 0 Å². The summed E-state index contributed by atoms with van der Waals surface area (Å²) in [4.78, 5) is 0. The maximum absolute atomic E-state index is 6.16. The van der Waals surface area contributed by atoms with Gasteiger partial charge >= 0.3 is 0 Å². The molecule has 2 nitrogen and oxygen atoms in total. The molecule has 1 saturated heterocycles. The van der Waals surface area contributed by atoms with Crippen LogP contribution in [0, 0.1) is 5.92 Å². The van der Waals surface area contributed by atoms with Crippen LogP contribution in [-0.2, 0) is 4.74 Å². The van der Waals surface area contributed by atoms with E-state index >= 15 is 0 Å². The molecule has 0 saturated carbocycles. The maximum Gasteiger partial charge on any atom is 0.0895 e. The number of ether oxygens (including phenoxy) is 1. The van der Waals surface area contributed by atoms with Gasteiger partial charge in [-0.15, -0.1) is 0 Å². The van der Waals surface area contributed by atoms with Crippen molar-refractivity contribution in [3.63, 3.8) is 0 Å². The van der Waals surface area contributed by atoms with Crippen LogP contribution in [0.3, 0.4) is 0 Å². The third-order valence-electron chi connectivity index (χ3n) is 4.59. The lowest BCUT2D eigenvalue weighted by Crippen LogP contribution is -2.35. The first kappa shape index (κ1) is 13.2. The van der Waals surface area contributed by atoms with Gasteiger partial charge in [0.15, 0.2) is 0 Å². The molecule has 0 bridgehead atoms. The molecule has 21 heavy (non-hydrogen) atoms. The van der Waals surface area contributed by atoms with E-state index in [4.69, 9.17) is 16.3 Å². The van der Waals surface area contributed by atoms with Crippen LogP contribution < -0.4 is 5.32 Å². The molecular weight excluding hydrogens is 282 g/mol. The lowest BCUT2D eigenvalue weighted by molar-refractivity contribution is -0.0381. The summed E-state index contributed by atoms with van der Waals surface area (Å²) in [6.45, 7) is 0.852. The number of hydrogen-bond donors (Lipinski definition) is 1. The molecule has 0 aromatic heterocycles. The molecular formula is C18H18ClNO.